The smallest absolute Gasteiger partial charge is 0.338 e. The van der Waals surface area contributed by atoms with Crippen molar-refractivity contribution in [3.63, 3.8) is 0 Å². The van der Waals surface area contributed by atoms with Crippen molar-refractivity contribution in [3.8, 4) is 0 Å². The Bertz CT molecular complexity index is 992. The van der Waals surface area contributed by atoms with E-state index in [-0.39, 0.29) is 11.9 Å². The molecule has 6 nitrogen and oxygen atoms in total. The van der Waals surface area contributed by atoms with Gasteiger partial charge in [-0.3, -0.25) is 0 Å². The molecule has 0 aliphatic rings. The van der Waals surface area contributed by atoms with Gasteiger partial charge in [0, 0.05) is 31.8 Å². The Morgan fingerprint density at radius 1 is 0.641 bits per heavy atom. The van der Waals surface area contributed by atoms with Gasteiger partial charge in [0.2, 0.25) is 0 Å². The molecule has 0 saturated carbocycles. The molecule has 39 heavy (non-hydrogen) atoms. The fraction of sp³-hybridized carbons (Fsp3) is 0.548. The van der Waals surface area contributed by atoms with E-state index in [4.69, 9.17) is 18.5 Å². The lowest BCUT2D eigenvalue weighted by molar-refractivity contribution is 0.0523. The summed E-state index contributed by atoms with van der Waals surface area (Å²) < 4.78 is 20.1. The molecule has 0 aromatic heterocycles. The molecule has 0 amide bonds. The molecule has 2 aromatic carbocycles. The van der Waals surface area contributed by atoms with Gasteiger partial charge in [0.05, 0.1) is 24.8 Å². The van der Waals surface area contributed by atoms with E-state index in [1.54, 1.807) is 14.2 Å². The monoisotopic (exact) mass is 578 g/mol. The van der Waals surface area contributed by atoms with Gasteiger partial charge in [-0.1, -0.05) is 24.3 Å². The van der Waals surface area contributed by atoms with Gasteiger partial charge in [0.25, 0.3) is 0 Å². The second-order valence-electron chi connectivity index (χ2n) is 9.53. The van der Waals surface area contributed by atoms with Crippen LogP contribution in [-0.2, 0) is 31.4 Å². The highest BCUT2D eigenvalue weighted by molar-refractivity contribution is 7.32. The zero-order valence-corrected chi connectivity index (χ0v) is 27.1. The van der Waals surface area contributed by atoms with Gasteiger partial charge in [-0.05, 0) is 119 Å². The van der Waals surface area contributed by atoms with Gasteiger partial charge in [0.15, 0.2) is 0 Å². The summed E-state index contributed by atoms with van der Waals surface area (Å²) in [6.45, 7) is 10.1. The average Bonchev–Trinajstić information content (AvgIpc) is 2.88. The number of rotatable bonds is 15. The molecule has 218 valence electrons. The maximum atomic E-state index is 11.9. The summed E-state index contributed by atoms with van der Waals surface area (Å²) in [6, 6.07) is 8.41. The quantitative estimate of drug-likeness (QED) is 0.123. The molecule has 0 aliphatic heterocycles. The van der Waals surface area contributed by atoms with Crippen molar-refractivity contribution in [2.75, 3.05) is 40.3 Å². The summed E-state index contributed by atoms with van der Waals surface area (Å²) in [5.41, 5.74) is 8.04. The molecule has 0 heterocycles. The van der Waals surface area contributed by atoms with Gasteiger partial charge in [-0.2, -0.15) is 0 Å². The molecular weight excluding hydrogens is 530 g/mol. The van der Waals surface area contributed by atoms with Crippen LogP contribution in [0.1, 0.15) is 86.7 Å². The van der Waals surface area contributed by atoms with E-state index in [1.807, 2.05) is 34.6 Å². The predicted octanol–water partition coefficient (Wildman–Crippen LogP) is 7.70. The third kappa shape index (κ3) is 12.9. The number of carbonyl (C=O) groups excluding carboxylic acids is 2. The maximum absolute atomic E-state index is 11.9. The summed E-state index contributed by atoms with van der Waals surface area (Å²) in [5, 5.41) is 0. The summed E-state index contributed by atoms with van der Waals surface area (Å²) in [6.07, 6.45) is 9.06. The van der Waals surface area contributed by atoms with E-state index in [9.17, 15) is 9.59 Å². The van der Waals surface area contributed by atoms with Crippen LogP contribution in [0.25, 0.3) is 0 Å². The molecule has 2 aromatic rings. The van der Waals surface area contributed by atoms with Crippen LogP contribution in [0.3, 0.4) is 0 Å². The van der Waals surface area contributed by atoms with Crippen molar-refractivity contribution in [1.82, 2.24) is 0 Å². The highest BCUT2D eigenvalue weighted by Gasteiger charge is 2.15. The average molecular weight is 579 g/mol. The maximum Gasteiger partial charge on any atom is 0.338 e. The Hall–Kier alpha value is -1.84. The second-order valence-corrected chi connectivity index (χ2v) is 11.9. The molecular formula is C31H48O6P2. The van der Waals surface area contributed by atoms with E-state index in [1.165, 1.54) is 31.1 Å². The van der Waals surface area contributed by atoms with Gasteiger partial charge < -0.3 is 18.5 Å². The molecule has 0 N–H and O–H groups in total. The second kappa shape index (κ2) is 20.1. The minimum Gasteiger partial charge on any atom is -0.465 e. The first kappa shape index (κ1) is 35.2. The van der Waals surface area contributed by atoms with Crippen LogP contribution < -0.4 is 0 Å². The first-order valence-corrected chi connectivity index (χ1v) is 15.9. The number of hydrogen-bond acceptors (Lipinski definition) is 6. The van der Waals surface area contributed by atoms with Crippen LogP contribution in [0.2, 0.25) is 0 Å². The SMILES string of the molecule is CCOC(=O)c1c(C)cc(CCCCPOC)cc1C.COPCCCCc1cc(C)c(C(=O)OC)c(C)c1. The van der Waals surface area contributed by atoms with Crippen LogP contribution in [0, 0.1) is 27.7 Å². The lowest BCUT2D eigenvalue weighted by atomic mass is 9.97. The largest absolute Gasteiger partial charge is 0.465 e. The number of methoxy groups -OCH3 is 1. The third-order valence-electron chi connectivity index (χ3n) is 6.33. The van der Waals surface area contributed by atoms with Crippen LogP contribution >= 0.6 is 17.6 Å². The molecule has 0 aliphatic carbocycles. The molecule has 8 heteroatoms. The topological polar surface area (TPSA) is 71.1 Å². The van der Waals surface area contributed by atoms with Gasteiger partial charge in [-0.15, -0.1) is 0 Å². The fourth-order valence-electron chi connectivity index (χ4n) is 4.60. The summed E-state index contributed by atoms with van der Waals surface area (Å²) >= 11 is 0. The number of unbranched alkanes of at least 4 members (excludes halogenated alkanes) is 2. The molecule has 0 spiro atoms. The number of hydrogen-bond donors (Lipinski definition) is 0. The van der Waals surface area contributed by atoms with Crippen molar-refractivity contribution < 1.29 is 28.1 Å². The Balaban J connectivity index is 0.000000391. The lowest BCUT2D eigenvalue weighted by Crippen LogP contribution is -2.09. The van der Waals surface area contributed by atoms with Gasteiger partial charge in [0.1, 0.15) is 0 Å². The van der Waals surface area contributed by atoms with Crippen LogP contribution in [-0.4, -0.2) is 52.2 Å². The highest BCUT2D eigenvalue weighted by Crippen LogP contribution is 2.21. The van der Waals surface area contributed by atoms with Crippen molar-refractivity contribution in [1.29, 1.82) is 0 Å². The molecule has 0 saturated heterocycles. The van der Waals surface area contributed by atoms with E-state index in [0.29, 0.717) is 29.8 Å². The third-order valence-corrected chi connectivity index (χ3v) is 8.02. The molecule has 2 atom stereocenters. The first-order chi connectivity index (χ1) is 18.7. The van der Waals surface area contributed by atoms with E-state index < -0.39 is 0 Å². The van der Waals surface area contributed by atoms with Crippen LogP contribution in [0.4, 0.5) is 0 Å². The van der Waals surface area contributed by atoms with Crippen LogP contribution in [0.5, 0.6) is 0 Å². The Morgan fingerprint density at radius 2 is 1.03 bits per heavy atom. The zero-order valence-electron chi connectivity index (χ0n) is 25.1. The van der Waals surface area contributed by atoms with Crippen LogP contribution in [0.15, 0.2) is 24.3 Å². The molecule has 0 fully saturated rings. The summed E-state index contributed by atoms with van der Waals surface area (Å²) in [5.74, 6) is -0.460. The molecule has 0 bridgehead atoms. The van der Waals surface area contributed by atoms with Crippen molar-refractivity contribution in [2.45, 2.75) is 73.1 Å². The number of esters is 2. The Labute approximate surface area is 239 Å². The Morgan fingerprint density at radius 3 is 1.36 bits per heavy atom. The molecule has 0 radical (unpaired) electrons. The number of carbonyl (C=O) groups is 2. The van der Waals surface area contributed by atoms with Crippen molar-refractivity contribution >= 4 is 29.6 Å². The van der Waals surface area contributed by atoms with Gasteiger partial charge >= 0.3 is 11.9 Å². The number of aryl methyl sites for hydroxylation is 6. The minimum absolute atomic E-state index is 0.213. The van der Waals surface area contributed by atoms with Crippen molar-refractivity contribution in [2.24, 2.45) is 0 Å². The summed E-state index contributed by atoms with van der Waals surface area (Å²) in [7, 11) is 6.14. The van der Waals surface area contributed by atoms with Crippen molar-refractivity contribution in [3.05, 3.63) is 68.8 Å². The number of benzene rings is 2. The predicted molar refractivity (Wildman–Crippen MR) is 165 cm³/mol. The zero-order chi connectivity index (χ0) is 29.2. The number of ether oxygens (including phenoxy) is 2. The standard InChI is InChI=1S/C16H25O3P.C15H23O3P/c1-5-19-16(17)15-12(2)10-14(11-13(15)3)8-6-7-9-20-18-4;1-11-9-13(7-5-6-8-19-18-4)10-12(2)14(11)15(16)17-3/h10-11,20H,5-9H2,1-4H3;9-10,19H,5-8H2,1-4H3. The fourth-order valence-corrected chi connectivity index (χ4v) is 5.80. The normalized spacial score (nSPS) is 11.2. The highest BCUT2D eigenvalue weighted by atomic mass is 31.1. The minimum atomic E-state index is -0.247. The molecule has 2 unspecified atom stereocenters. The van der Waals surface area contributed by atoms with E-state index >= 15 is 0 Å². The Kier molecular flexibility index (Phi) is 18.1. The first-order valence-electron chi connectivity index (χ1n) is 13.7. The molecule has 2 rings (SSSR count). The summed E-state index contributed by atoms with van der Waals surface area (Å²) in [4.78, 5) is 23.6. The van der Waals surface area contributed by atoms with E-state index in [0.717, 1.165) is 65.8 Å². The van der Waals surface area contributed by atoms with E-state index in [2.05, 4.69) is 24.3 Å². The van der Waals surface area contributed by atoms with Gasteiger partial charge in [-0.25, -0.2) is 9.59 Å². The lowest BCUT2D eigenvalue weighted by Gasteiger charge is -2.11.